The minimum Gasteiger partial charge on any atom is -0.314 e. The van der Waals surface area contributed by atoms with Gasteiger partial charge in [0.15, 0.2) is 0 Å². The van der Waals surface area contributed by atoms with E-state index >= 15 is 0 Å². The molecule has 4 heteroatoms. The van der Waals surface area contributed by atoms with Crippen LogP contribution in [-0.4, -0.2) is 74.7 Å². The second-order valence-electron chi connectivity index (χ2n) is 7.00. The third-order valence-electron chi connectivity index (χ3n) is 5.62. The van der Waals surface area contributed by atoms with Crippen LogP contribution in [0, 0.1) is 5.92 Å². The molecule has 3 fully saturated rings. The van der Waals surface area contributed by atoms with Crippen molar-refractivity contribution in [2.75, 3.05) is 52.9 Å². The molecule has 1 aliphatic carbocycles. The first-order chi connectivity index (χ1) is 9.83. The molecule has 2 saturated heterocycles. The lowest BCUT2D eigenvalue weighted by Gasteiger charge is -2.33. The van der Waals surface area contributed by atoms with E-state index in [9.17, 15) is 0 Å². The van der Waals surface area contributed by atoms with Gasteiger partial charge in [-0.15, -0.1) is 0 Å². The Morgan fingerprint density at radius 1 is 1.05 bits per heavy atom. The number of nitrogens with zero attached hydrogens (tertiary/aromatic N) is 2. The maximum atomic E-state index is 3.87. The smallest absolute Gasteiger partial charge is 0.0111 e. The van der Waals surface area contributed by atoms with Crippen molar-refractivity contribution in [3.63, 3.8) is 0 Å². The highest BCUT2D eigenvalue weighted by Gasteiger charge is 2.34. The number of hydrogen-bond donors (Lipinski definition) is 2. The number of hydrogen-bond acceptors (Lipinski definition) is 4. The van der Waals surface area contributed by atoms with Crippen molar-refractivity contribution < 1.29 is 0 Å². The Labute approximate surface area is 124 Å². The first kappa shape index (κ1) is 14.8. The predicted octanol–water partition coefficient (Wildman–Crippen LogP) is 0.744. The first-order valence-electron chi connectivity index (χ1n) is 8.70. The summed E-state index contributed by atoms with van der Waals surface area (Å²) in [6, 6.07) is 1.58. The fraction of sp³-hybridized carbons (Fsp3) is 1.00. The van der Waals surface area contributed by atoms with E-state index in [0.717, 1.165) is 18.0 Å². The molecule has 3 aliphatic rings. The van der Waals surface area contributed by atoms with Crippen LogP contribution in [0.25, 0.3) is 0 Å². The van der Waals surface area contributed by atoms with E-state index in [0.29, 0.717) is 0 Å². The summed E-state index contributed by atoms with van der Waals surface area (Å²) in [6.07, 6.45) is 7.04. The first-order valence-corrected chi connectivity index (χ1v) is 8.70. The number of likely N-dealkylation sites (N-methyl/N-ethyl adjacent to an activating group) is 1. The van der Waals surface area contributed by atoms with Crippen LogP contribution in [0.3, 0.4) is 0 Å². The van der Waals surface area contributed by atoms with Crippen molar-refractivity contribution in [3.8, 4) is 0 Å². The minimum atomic E-state index is 0.776. The van der Waals surface area contributed by atoms with Gasteiger partial charge >= 0.3 is 0 Å². The quantitative estimate of drug-likeness (QED) is 0.778. The Bertz CT molecular complexity index is 282. The summed E-state index contributed by atoms with van der Waals surface area (Å²) in [5.74, 6) is 0.894. The van der Waals surface area contributed by atoms with Crippen LogP contribution in [0.2, 0.25) is 0 Å². The molecule has 20 heavy (non-hydrogen) atoms. The molecule has 4 nitrogen and oxygen atoms in total. The molecule has 3 atom stereocenters. The summed E-state index contributed by atoms with van der Waals surface area (Å²) in [5.41, 5.74) is 0. The van der Waals surface area contributed by atoms with E-state index < -0.39 is 0 Å². The van der Waals surface area contributed by atoms with Crippen molar-refractivity contribution in [3.05, 3.63) is 0 Å². The normalized spacial score (nSPS) is 36.8. The van der Waals surface area contributed by atoms with E-state index in [2.05, 4.69) is 27.5 Å². The van der Waals surface area contributed by atoms with Gasteiger partial charge in [-0.25, -0.2) is 0 Å². The zero-order chi connectivity index (χ0) is 13.8. The molecule has 0 aromatic carbocycles. The van der Waals surface area contributed by atoms with Crippen LogP contribution in [0.5, 0.6) is 0 Å². The van der Waals surface area contributed by atoms with E-state index in [-0.39, 0.29) is 0 Å². The van der Waals surface area contributed by atoms with Gasteiger partial charge in [-0.1, -0.05) is 6.42 Å². The fourth-order valence-electron chi connectivity index (χ4n) is 4.28. The van der Waals surface area contributed by atoms with Crippen molar-refractivity contribution in [2.24, 2.45) is 5.92 Å². The van der Waals surface area contributed by atoms with Gasteiger partial charge in [0.1, 0.15) is 0 Å². The Hall–Kier alpha value is -0.160. The van der Waals surface area contributed by atoms with Crippen LogP contribution in [0.4, 0.5) is 0 Å². The molecular weight excluding hydrogens is 248 g/mol. The minimum absolute atomic E-state index is 0.776. The Morgan fingerprint density at radius 3 is 2.65 bits per heavy atom. The molecule has 0 spiro atoms. The van der Waals surface area contributed by atoms with Crippen molar-refractivity contribution >= 4 is 0 Å². The lowest BCUT2D eigenvalue weighted by molar-refractivity contribution is 0.152. The average molecular weight is 280 g/mol. The van der Waals surface area contributed by atoms with Gasteiger partial charge in [0.25, 0.3) is 0 Å². The van der Waals surface area contributed by atoms with Gasteiger partial charge in [0.05, 0.1) is 0 Å². The molecule has 1 saturated carbocycles. The van der Waals surface area contributed by atoms with Gasteiger partial charge in [0.2, 0.25) is 0 Å². The molecule has 0 bridgehead atoms. The summed E-state index contributed by atoms with van der Waals surface area (Å²) < 4.78 is 0. The number of rotatable bonds is 5. The molecule has 0 amide bonds. The fourth-order valence-corrected chi connectivity index (χ4v) is 4.28. The van der Waals surface area contributed by atoms with E-state index in [1.165, 1.54) is 77.9 Å². The van der Waals surface area contributed by atoms with Crippen molar-refractivity contribution in [1.82, 2.24) is 20.4 Å². The third-order valence-corrected chi connectivity index (χ3v) is 5.62. The second kappa shape index (κ2) is 7.21. The van der Waals surface area contributed by atoms with Crippen LogP contribution in [0.15, 0.2) is 0 Å². The van der Waals surface area contributed by atoms with E-state index in [4.69, 9.17) is 0 Å². The lowest BCUT2D eigenvalue weighted by atomic mass is 9.93. The standard InChI is InChI=1S/C16H32N4/c1-19-10-12-20(13-11-19)9-8-18-15-5-2-4-14(15)16-6-3-7-17-16/h14-18H,2-13H2,1H3. The molecule has 3 rings (SSSR count). The van der Waals surface area contributed by atoms with Gasteiger partial charge in [-0.05, 0) is 45.2 Å². The molecule has 116 valence electrons. The Morgan fingerprint density at radius 2 is 1.90 bits per heavy atom. The molecule has 2 aliphatic heterocycles. The van der Waals surface area contributed by atoms with Crippen LogP contribution in [0.1, 0.15) is 32.1 Å². The lowest BCUT2D eigenvalue weighted by Crippen LogP contribution is -2.48. The monoisotopic (exact) mass is 280 g/mol. The zero-order valence-electron chi connectivity index (χ0n) is 13.1. The highest BCUT2D eigenvalue weighted by molar-refractivity contribution is 4.93. The Kier molecular flexibility index (Phi) is 5.32. The van der Waals surface area contributed by atoms with E-state index in [1.54, 1.807) is 0 Å². The third kappa shape index (κ3) is 3.73. The molecular formula is C16H32N4. The molecule has 3 unspecified atom stereocenters. The van der Waals surface area contributed by atoms with Crippen LogP contribution < -0.4 is 10.6 Å². The maximum absolute atomic E-state index is 3.87. The topological polar surface area (TPSA) is 30.5 Å². The zero-order valence-corrected chi connectivity index (χ0v) is 13.1. The van der Waals surface area contributed by atoms with Crippen molar-refractivity contribution in [2.45, 2.75) is 44.2 Å². The molecule has 2 heterocycles. The van der Waals surface area contributed by atoms with Gasteiger partial charge in [-0.3, -0.25) is 4.90 Å². The summed E-state index contributed by atoms with van der Waals surface area (Å²) in [6.45, 7) is 8.62. The van der Waals surface area contributed by atoms with Gasteiger partial charge < -0.3 is 15.5 Å². The summed E-state index contributed by atoms with van der Waals surface area (Å²) >= 11 is 0. The SMILES string of the molecule is CN1CCN(CCNC2CCCC2C2CCCN2)CC1. The summed E-state index contributed by atoms with van der Waals surface area (Å²) in [7, 11) is 2.23. The number of nitrogens with one attached hydrogen (secondary N) is 2. The molecule has 0 aromatic rings. The largest absolute Gasteiger partial charge is 0.314 e. The van der Waals surface area contributed by atoms with Crippen LogP contribution in [-0.2, 0) is 0 Å². The summed E-state index contributed by atoms with van der Waals surface area (Å²) in [4.78, 5) is 5.05. The molecule has 2 N–H and O–H groups in total. The van der Waals surface area contributed by atoms with E-state index in [1.807, 2.05) is 0 Å². The summed E-state index contributed by atoms with van der Waals surface area (Å²) in [5, 5.41) is 7.59. The van der Waals surface area contributed by atoms with Crippen LogP contribution >= 0.6 is 0 Å². The van der Waals surface area contributed by atoms with Gasteiger partial charge in [-0.2, -0.15) is 0 Å². The second-order valence-corrected chi connectivity index (χ2v) is 7.00. The maximum Gasteiger partial charge on any atom is 0.0111 e. The van der Waals surface area contributed by atoms with Gasteiger partial charge in [0, 0.05) is 51.4 Å². The number of piperazine rings is 1. The van der Waals surface area contributed by atoms with Crippen molar-refractivity contribution in [1.29, 1.82) is 0 Å². The highest BCUT2D eigenvalue weighted by atomic mass is 15.2. The highest BCUT2D eigenvalue weighted by Crippen LogP contribution is 2.31. The average Bonchev–Trinajstić information content (AvgIpc) is 3.11. The molecule has 0 aromatic heterocycles. The Balaban J connectivity index is 1.37. The molecule has 0 radical (unpaired) electrons. The predicted molar refractivity (Wildman–Crippen MR) is 84.1 cm³/mol.